The zero-order valence-electron chi connectivity index (χ0n) is 12.1. The van der Waals surface area contributed by atoms with E-state index in [1.54, 1.807) is 0 Å². The standard InChI is InChI=1S/C15H30ClNO/c1-3-5-6-7-8-9-10-11-15(18)17-13-12-14(16)4-2/h14H,3-13H2,1-2H3,(H,17,18). The quantitative estimate of drug-likeness (QED) is 0.408. The van der Waals surface area contributed by atoms with Crippen molar-refractivity contribution in [3.05, 3.63) is 0 Å². The highest BCUT2D eigenvalue weighted by Crippen LogP contribution is 2.08. The molecule has 1 N–H and O–H groups in total. The van der Waals surface area contributed by atoms with Crippen molar-refractivity contribution in [1.29, 1.82) is 0 Å². The molecule has 0 heterocycles. The largest absolute Gasteiger partial charge is 0.356 e. The fourth-order valence-corrected chi connectivity index (χ4v) is 2.01. The number of hydrogen-bond acceptors (Lipinski definition) is 1. The Kier molecular flexibility index (Phi) is 13.0. The summed E-state index contributed by atoms with van der Waals surface area (Å²) < 4.78 is 0. The summed E-state index contributed by atoms with van der Waals surface area (Å²) in [6.07, 6.45) is 11.3. The van der Waals surface area contributed by atoms with Gasteiger partial charge in [-0.05, 0) is 19.3 Å². The Morgan fingerprint density at radius 1 is 1.06 bits per heavy atom. The fourth-order valence-electron chi connectivity index (χ4n) is 1.90. The second kappa shape index (κ2) is 13.2. The summed E-state index contributed by atoms with van der Waals surface area (Å²) in [6.45, 7) is 5.02. The second-order valence-electron chi connectivity index (χ2n) is 5.02. The maximum Gasteiger partial charge on any atom is 0.219 e. The molecule has 1 atom stereocenters. The number of hydrogen-bond donors (Lipinski definition) is 1. The van der Waals surface area contributed by atoms with Crippen LogP contribution in [-0.4, -0.2) is 17.8 Å². The van der Waals surface area contributed by atoms with E-state index in [0.29, 0.717) is 6.42 Å². The molecule has 0 aromatic heterocycles. The minimum atomic E-state index is 0.184. The summed E-state index contributed by atoms with van der Waals surface area (Å²) in [6, 6.07) is 0. The van der Waals surface area contributed by atoms with E-state index in [0.717, 1.165) is 25.8 Å². The van der Waals surface area contributed by atoms with Crippen LogP contribution < -0.4 is 5.32 Å². The molecule has 2 nitrogen and oxygen atoms in total. The third-order valence-electron chi connectivity index (χ3n) is 3.23. The van der Waals surface area contributed by atoms with E-state index in [4.69, 9.17) is 11.6 Å². The molecule has 0 rings (SSSR count). The monoisotopic (exact) mass is 275 g/mol. The number of alkyl halides is 1. The number of amides is 1. The molecule has 0 fully saturated rings. The van der Waals surface area contributed by atoms with Gasteiger partial charge in [0.1, 0.15) is 0 Å². The van der Waals surface area contributed by atoms with Gasteiger partial charge in [-0.25, -0.2) is 0 Å². The molecule has 0 bridgehead atoms. The van der Waals surface area contributed by atoms with Gasteiger partial charge in [0.05, 0.1) is 0 Å². The minimum absolute atomic E-state index is 0.184. The van der Waals surface area contributed by atoms with Crippen LogP contribution in [0.2, 0.25) is 0 Å². The Morgan fingerprint density at radius 3 is 2.28 bits per heavy atom. The van der Waals surface area contributed by atoms with Gasteiger partial charge in [0.15, 0.2) is 0 Å². The summed E-state index contributed by atoms with van der Waals surface area (Å²) in [5.41, 5.74) is 0. The van der Waals surface area contributed by atoms with Crippen molar-refractivity contribution in [3.63, 3.8) is 0 Å². The van der Waals surface area contributed by atoms with Crippen molar-refractivity contribution in [2.45, 2.75) is 83.4 Å². The van der Waals surface area contributed by atoms with Crippen LogP contribution in [0, 0.1) is 0 Å². The van der Waals surface area contributed by atoms with E-state index >= 15 is 0 Å². The number of halogens is 1. The van der Waals surface area contributed by atoms with Gasteiger partial charge in [-0.2, -0.15) is 0 Å². The van der Waals surface area contributed by atoms with E-state index < -0.39 is 0 Å². The Bertz CT molecular complexity index is 197. The van der Waals surface area contributed by atoms with Crippen LogP contribution >= 0.6 is 11.6 Å². The van der Waals surface area contributed by atoms with Crippen LogP contribution in [0.4, 0.5) is 0 Å². The van der Waals surface area contributed by atoms with Crippen LogP contribution in [0.3, 0.4) is 0 Å². The molecule has 0 radical (unpaired) electrons. The summed E-state index contributed by atoms with van der Waals surface area (Å²) in [5.74, 6) is 0.184. The lowest BCUT2D eigenvalue weighted by Crippen LogP contribution is -2.25. The van der Waals surface area contributed by atoms with Crippen molar-refractivity contribution >= 4 is 17.5 Å². The first-order valence-electron chi connectivity index (χ1n) is 7.61. The number of rotatable bonds is 12. The molecule has 0 saturated heterocycles. The molecule has 0 saturated carbocycles. The van der Waals surface area contributed by atoms with Gasteiger partial charge >= 0.3 is 0 Å². The molecule has 18 heavy (non-hydrogen) atoms. The highest BCUT2D eigenvalue weighted by Gasteiger charge is 2.03. The SMILES string of the molecule is CCCCCCCCCC(=O)NCCC(Cl)CC. The molecule has 0 aliphatic rings. The normalized spacial score (nSPS) is 12.4. The van der Waals surface area contributed by atoms with Crippen molar-refractivity contribution in [3.8, 4) is 0 Å². The summed E-state index contributed by atoms with van der Waals surface area (Å²) in [7, 11) is 0. The molecule has 0 aromatic carbocycles. The molecule has 0 aliphatic carbocycles. The third kappa shape index (κ3) is 12.2. The van der Waals surface area contributed by atoms with E-state index in [1.807, 2.05) is 0 Å². The Hall–Kier alpha value is -0.240. The van der Waals surface area contributed by atoms with Gasteiger partial charge in [-0.15, -0.1) is 11.6 Å². The minimum Gasteiger partial charge on any atom is -0.356 e. The topological polar surface area (TPSA) is 29.1 Å². The highest BCUT2D eigenvalue weighted by atomic mass is 35.5. The van der Waals surface area contributed by atoms with E-state index in [-0.39, 0.29) is 11.3 Å². The Morgan fingerprint density at radius 2 is 1.67 bits per heavy atom. The van der Waals surface area contributed by atoms with Crippen LogP contribution in [0.1, 0.15) is 78.1 Å². The molecule has 108 valence electrons. The predicted molar refractivity (Wildman–Crippen MR) is 80.2 cm³/mol. The molecule has 0 spiro atoms. The lowest BCUT2D eigenvalue weighted by atomic mass is 10.1. The lowest BCUT2D eigenvalue weighted by Gasteiger charge is -2.08. The van der Waals surface area contributed by atoms with Crippen molar-refractivity contribution in [1.82, 2.24) is 5.32 Å². The van der Waals surface area contributed by atoms with E-state index in [1.165, 1.54) is 38.5 Å². The summed E-state index contributed by atoms with van der Waals surface area (Å²) >= 11 is 5.98. The van der Waals surface area contributed by atoms with Crippen LogP contribution in [0.25, 0.3) is 0 Å². The molecular formula is C15H30ClNO. The van der Waals surface area contributed by atoms with Gasteiger partial charge in [-0.3, -0.25) is 4.79 Å². The van der Waals surface area contributed by atoms with Gasteiger partial charge in [0.2, 0.25) is 5.91 Å². The molecule has 0 aromatic rings. The molecule has 1 unspecified atom stereocenters. The number of carbonyl (C=O) groups is 1. The second-order valence-corrected chi connectivity index (χ2v) is 5.63. The van der Waals surface area contributed by atoms with Crippen molar-refractivity contribution in [2.24, 2.45) is 0 Å². The molecular weight excluding hydrogens is 246 g/mol. The van der Waals surface area contributed by atoms with Gasteiger partial charge < -0.3 is 5.32 Å². The van der Waals surface area contributed by atoms with Crippen LogP contribution in [-0.2, 0) is 4.79 Å². The Labute approximate surface area is 118 Å². The summed E-state index contributed by atoms with van der Waals surface area (Å²) in [5, 5.41) is 3.13. The average Bonchev–Trinajstić information content (AvgIpc) is 2.37. The molecule has 0 aliphatic heterocycles. The third-order valence-corrected chi connectivity index (χ3v) is 3.76. The zero-order chi connectivity index (χ0) is 13.6. The molecule has 3 heteroatoms. The zero-order valence-corrected chi connectivity index (χ0v) is 12.9. The molecule has 1 amide bonds. The van der Waals surface area contributed by atoms with Gasteiger partial charge in [0.25, 0.3) is 0 Å². The highest BCUT2D eigenvalue weighted by molar-refractivity contribution is 6.20. The Balaban J connectivity index is 3.22. The van der Waals surface area contributed by atoms with Crippen molar-refractivity contribution in [2.75, 3.05) is 6.54 Å². The van der Waals surface area contributed by atoms with E-state index in [9.17, 15) is 4.79 Å². The first kappa shape index (κ1) is 17.8. The van der Waals surface area contributed by atoms with Crippen molar-refractivity contribution < 1.29 is 4.79 Å². The first-order chi connectivity index (χ1) is 8.70. The number of nitrogens with one attached hydrogen (secondary N) is 1. The lowest BCUT2D eigenvalue weighted by molar-refractivity contribution is -0.121. The maximum atomic E-state index is 11.5. The van der Waals surface area contributed by atoms with Crippen LogP contribution in [0.5, 0.6) is 0 Å². The number of unbranched alkanes of at least 4 members (excludes halogenated alkanes) is 6. The van der Waals surface area contributed by atoms with Gasteiger partial charge in [0, 0.05) is 18.3 Å². The average molecular weight is 276 g/mol. The van der Waals surface area contributed by atoms with E-state index in [2.05, 4.69) is 19.2 Å². The van der Waals surface area contributed by atoms with Crippen LogP contribution in [0.15, 0.2) is 0 Å². The predicted octanol–water partition coefficient (Wildman–Crippen LogP) is 4.65. The smallest absolute Gasteiger partial charge is 0.219 e. The summed E-state index contributed by atoms with van der Waals surface area (Å²) in [4.78, 5) is 11.5. The fraction of sp³-hybridized carbons (Fsp3) is 0.933. The first-order valence-corrected chi connectivity index (χ1v) is 8.05. The number of carbonyl (C=O) groups excluding carboxylic acids is 1. The maximum absolute atomic E-state index is 11.5. The van der Waals surface area contributed by atoms with Gasteiger partial charge in [-0.1, -0.05) is 52.4 Å².